The summed E-state index contributed by atoms with van der Waals surface area (Å²) in [6, 6.07) is 15.3. The lowest BCUT2D eigenvalue weighted by molar-refractivity contribution is 0.102. The predicted octanol–water partition coefficient (Wildman–Crippen LogP) is 5.46. The predicted molar refractivity (Wildman–Crippen MR) is 117 cm³/mol. The van der Waals surface area contributed by atoms with Gasteiger partial charge < -0.3 is 9.47 Å². The van der Waals surface area contributed by atoms with Gasteiger partial charge in [-0.05, 0) is 36.2 Å². The number of hydrogen-bond acceptors (Lipinski definition) is 6. The molecule has 0 radical (unpaired) electrons. The number of pyridine rings is 1. The quantitative estimate of drug-likeness (QED) is 0.477. The van der Waals surface area contributed by atoms with E-state index in [0.29, 0.717) is 16.4 Å². The molecular formula is C23H19N3O3S. The maximum absolute atomic E-state index is 13.1. The summed E-state index contributed by atoms with van der Waals surface area (Å²) >= 11 is 1.39. The molecule has 0 saturated heterocycles. The van der Waals surface area contributed by atoms with Crippen LogP contribution in [0, 0.1) is 0 Å². The maximum atomic E-state index is 13.1. The Bertz CT molecular complexity index is 1270. The lowest BCUT2D eigenvalue weighted by Gasteiger charge is -2.11. The summed E-state index contributed by atoms with van der Waals surface area (Å²) < 4.78 is 10.8. The highest BCUT2D eigenvalue weighted by Crippen LogP contribution is 2.36. The van der Waals surface area contributed by atoms with Crippen LogP contribution in [0.2, 0.25) is 0 Å². The van der Waals surface area contributed by atoms with E-state index >= 15 is 0 Å². The number of rotatable bonds is 4. The largest absolute Gasteiger partial charge is 0.454 e. The highest BCUT2D eigenvalue weighted by Gasteiger charge is 2.18. The van der Waals surface area contributed by atoms with Crippen LogP contribution in [-0.2, 0) is 0 Å². The van der Waals surface area contributed by atoms with Crippen LogP contribution in [0.4, 0.5) is 5.13 Å². The highest BCUT2D eigenvalue weighted by atomic mass is 32.1. The van der Waals surface area contributed by atoms with E-state index in [1.807, 2.05) is 53.9 Å². The average Bonchev–Trinajstić information content (AvgIpc) is 3.41. The van der Waals surface area contributed by atoms with Gasteiger partial charge in [-0.1, -0.05) is 32.0 Å². The summed E-state index contributed by atoms with van der Waals surface area (Å²) in [6.45, 7) is 4.37. The van der Waals surface area contributed by atoms with Crippen LogP contribution in [0.3, 0.4) is 0 Å². The Labute approximate surface area is 177 Å². The Hall–Kier alpha value is -3.45. The summed E-state index contributed by atoms with van der Waals surface area (Å²) in [5.41, 5.74) is 3.99. The fourth-order valence-electron chi connectivity index (χ4n) is 3.36. The molecule has 2 aromatic heterocycles. The zero-order chi connectivity index (χ0) is 20.7. The van der Waals surface area contributed by atoms with E-state index < -0.39 is 0 Å². The second-order valence-corrected chi connectivity index (χ2v) is 8.18. The third-order valence-electron chi connectivity index (χ3n) is 4.97. The second kappa shape index (κ2) is 7.42. The SMILES string of the molecule is CC(C)c1cc(C(=O)Nc2nc(-c3ccc4c(c3)OCO4)cs2)c2ccccc2n1. The lowest BCUT2D eigenvalue weighted by Crippen LogP contribution is -2.13. The molecule has 0 saturated carbocycles. The molecule has 0 fully saturated rings. The van der Waals surface area contributed by atoms with Crippen molar-refractivity contribution in [1.82, 2.24) is 9.97 Å². The highest BCUT2D eigenvalue weighted by molar-refractivity contribution is 7.14. The lowest BCUT2D eigenvalue weighted by atomic mass is 10.0. The average molecular weight is 417 g/mol. The molecule has 3 heterocycles. The second-order valence-electron chi connectivity index (χ2n) is 7.33. The van der Waals surface area contributed by atoms with E-state index in [1.165, 1.54) is 11.3 Å². The molecule has 6 nitrogen and oxygen atoms in total. The third kappa shape index (κ3) is 3.37. The number of para-hydroxylation sites is 1. The standard InChI is InChI=1S/C23H19N3O3S/c1-13(2)18-10-16(15-5-3-4-6-17(15)24-18)22(27)26-23-25-19(11-30-23)14-7-8-20-21(9-14)29-12-28-20/h3-11,13H,12H2,1-2H3,(H,25,26,27). The fourth-order valence-corrected chi connectivity index (χ4v) is 4.08. The molecule has 1 amide bonds. The van der Waals surface area contributed by atoms with Crippen molar-refractivity contribution in [2.75, 3.05) is 12.1 Å². The molecule has 150 valence electrons. The number of fused-ring (bicyclic) bond motifs is 2. The third-order valence-corrected chi connectivity index (χ3v) is 5.72. The first-order valence-electron chi connectivity index (χ1n) is 9.65. The first-order chi connectivity index (χ1) is 14.6. The number of carbonyl (C=O) groups excluding carboxylic acids is 1. The monoisotopic (exact) mass is 417 g/mol. The van der Waals surface area contributed by atoms with Crippen molar-refractivity contribution < 1.29 is 14.3 Å². The number of benzene rings is 2. The molecule has 1 N–H and O–H groups in total. The Balaban J connectivity index is 1.44. The molecule has 4 aromatic rings. The van der Waals surface area contributed by atoms with Crippen molar-refractivity contribution in [1.29, 1.82) is 0 Å². The number of nitrogens with one attached hydrogen (secondary N) is 1. The summed E-state index contributed by atoms with van der Waals surface area (Å²) in [4.78, 5) is 22.4. The van der Waals surface area contributed by atoms with Crippen molar-refractivity contribution in [3.05, 3.63) is 65.2 Å². The minimum absolute atomic E-state index is 0.193. The minimum Gasteiger partial charge on any atom is -0.454 e. The maximum Gasteiger partial charge on any atom is 0.258 e. The van der Waals surface area contributed by atoms with Crippen molar-refractivity contribution in [2.45, 2.75) is 19.8 Å². The molecule has 30 heavy (non-hydrogen) atoms. The van der Waals surface area contributed by atoms with Crippen LogP contribution in [0.5, 0.6) is 11.5 Å². The minimum atomic E-state index is -0.193. The van der Waals surface area contributed by atoms with Gasteiger partial charge in [0.2, 0.25) is 6.79 Å². The molecule has 0 aliphatic carbocycles. The summed E-state index contributed by atoms with van der Waals surface area (Å²) in [5.74, 6) is 1.46. The van der Waals surface area contributed by atoms with E-state index in [2.05, 4.69) is 29.1 Å². The number of carbonyl (C=O) groups is 1. The molecule has 0 spiro atoms. The van der Waals surface area contributed by atoms with E-state index in [4.69, 9.17) is 9.47 Å². The number of ether oxygens (including phenoxy) is 2. The van der Waals surface area contributed by atoms with E-state index in [-0.39, 0.29) is 18.6 Å². The van der Waals surface area contributed by atoms with E-state index in [9.17, 15) is 4.79 Å². The van der Waals surface area contributed by atoms with Gasteiger partial charge in [-0.25, -0.2) is 4.98 Å². The van der Waals surface area contributed by atoms with Gasteiger partial charge in [0.1, 0.15) is 0 Å². The zero-order valence-electron chi connectivity index (χ0n) is 16.5. The molecular weight excluding hydrogens is 398 g/mol. The number of hydrogen-bond donors (Lipinski definition) is 1. The zero-order valence-corrected chi connectivity index (χ0v) is 17.3. The van der Waals surface area contributed by atoms with Gasteiger partial charge in [-0.2, -0.15) is 0 Å². The van der Waals surface area contributed by atoms with Crippen molar-refractivity contribution in [3.8, 4) is 22.8 Å². The summed E-state index contributed by atoms with van der Waals surface area (Å²) in [7, 11) is 0. The fraction of sp³-hybridized carbons (Fsp3) is 0.174. The molecule has 0 bridgehead atoms. The van der Waals surface area contributed by atoms with Gasteiger partial charge in [-0.15, -0.1) is 11.3 Å². The van der Waals surface area contributed by atoms with Gasteiger partial charge in [0.05, 0.1) is 16.8 Å². The first-order valence-corrected chi connectivity index (χ1v) is 10.5. The molecule has 7 heteroatoms. The Kier molecular flexibility index (Phi) is 4.59. The van der Waals surface area contributed by atoms with E-state index in [0.717, 1.165) is 33.6 Å². The van der Waals surface area contributed by atoms with Gasteiger partial charge in [0, 0.05) is 22.0 Å². The van der Waals surface area contributed by atoms with Gasteiger partial charge in [0.15, 0.2) is 16.6 Å². The number of aromatic nitrogens is 2. The Morgan fingerprint density at radius 1 is 1.07 bits per heavy atom. The van der Waals surface area contributed by atoms with Gasteiger partial charge in [-0.3, -0.25) is 15.1 Å². The molecule has 1 aliphatic heterocycles. The van der Waals surface area contributed by atoms with Crippen molar-refractivity contribution in [2.24, 2.45) is 0 Å². The summed E-state index contributed by atoms with van der Waals surface area (Å²) in [5, 5.41) is 6.23. The van der Waals surface area contributed by atoms with Crippen molar-refractivity contribution in [3.63, 3.8) is 0 Å². The van der Waals surface area contributed by atoms with Crippen LogP contribution in [0.15, 0.2) is 53.9 Å². The number of anilines is 1. The summed E-state index contributed by atoms with van der Waals surface area (Å²) in [6.07, 6.45) is 0. The van der Waals surface area contributed by atoms with Crippen LogP contribution in [0.25, 0.3) is 22.2 Å². The van der Waals surface area contributed by atoms with E-state index in [1.54, 1.807) is 0 Å². The normalized spacial score (nSPS) is 12.5. The number of nitrogens with zero attached hydrogens (tertiary/aromatic N) is 2. The van der Waals surface area contributed by atoms with Crippen LogP contribution in [-0.4, -0.2) is 22.7 Å². The van der Waals surface area contributed by atoms with Gasteiger partial charge in [0.25, 0.3) is 5.91 Å². The van der Waals surface area contributed by atoms with Crippen LogP contribution < -0.4 is 14.8 Å². The topological polar surface area (TPSA) is 73.3 Å². The van der Waals surface area contributed by atoms with Gasteiger partial charge >= 0.3 is 0 Å². The number of thiazole rings is 1. The first kappa shape index (κ1) is 18.6. The Morgan fingerprint density at radius 3 is 2.77 bits per heavy atom. The molecule has 1 aliphatic rings. The van der Waals surface area contributed by atoms with Crippen LogP contribution >= 0.6 is 11.3 Å². The van der Waals surface area contributed by atoms with Crippen LogP contribution in [0.1, 0.15) is 35.8 Å². The molecule has 2 aromatic carbocycles. The van der Waals surface area contributed by atoms with Crippen molar-refractivity contribution >= 4 is 33.3 Å². The number of amides is 1. The molecule has 0 unspecified atom stereocenters. The smallest absolute Gasteiger partial charge is 0.258 e. The molecule has 5 rings (SSSR count). The molecule has 0 atom stereocenters. The Morgan fingerprint density at radius 2 is 1.90 bits per heavy atom.